The molecule has 0 aromatic heterocycles. The molecule has 1 aliphatic heterocycles. The number of hydrogen-bond donors (Lipinski definition) is 1. The molecule has 33 heavy (non-hydrogen) atoms. The third kappa shape index (κ3) is 6.07. The largest absolute Gasteiger partial charge is 0.285 e. The molecule has 0 unspecified atom stereocenters. The van der Waals surface area contributed by atoms with E-state index < -0.39 is 7.59 Å². The first-order chi connectivity index (χ1) is 15.7. The number of nitrogens with zero attached hydrogens (tertiary/aromatic N) is 3. The molecule has 7 nitrogen and oxygen atoms in total. The van der Waals surface area contributed by atoms with Crippen LogP contribution < -0.4 is 5.09 Å². The molecular weight excluding hydrogens is 435 g/mol. The van der Waals surface area contributed by atoms with E-state index in [1.54, 1.807) is 7.05 Å². The first kappa shape index (κ1) is 26.4. The topological polar surface area (TPSA) is 65.1 Å². The van der Waals surface area contributed by atoms with E-state index in [1.807, 2.05) is 30.3 Å². The molecule has 1 aromatic carbocycles. The van der Waals surface area contributed by atoms with E-state index in [4.69, 9.17) is 4.84 Å². The average Bonchev–Trinajstić information content (AvgIpc) is 3.00. The summed E-state index contributed by atoms with van der Waals surface area (Å²) in [6.07, 6.45) is 4.71. The van der Waals surface area contributed by atoms with Gasteiger partial charge in [0, 0.05) is 44.7 Å². The Hall–Kier alpha value is -1.24. The Morgan fingerprint density at radius 1 is 1.06 bits per heavy atom. The van der Waals surface area contributed by atoms with Gasteiger partial charge in [-0.3, -0.25) is 14.2 Å². The predicted octanol–water partition coefficient (Wildman–Crippen LogP) is 5.08. The van der Waals surface area contributed by atoms with Crippen LogP contribution in [0.3, 0.4) is 0 Å². The minimum absolute atomic E-state index is 0.145. The third-order valence-electron chi connectivity index (χ3n) is 6.79. The number of nitrogens with one attached hydrogen (secondary N) is 1. The fraction of sp³-hybridized carbons (Fsp3) is 0.720. The van der Waals surface area contributed by atoms with Gasteiger partial charge < -0.3 is 0 Å². The number of fused-ring (bicyclic) bond motifs is 1. The number of hydroxylamine groups is 2. The van der Waals surface area contributed by atoms with Gasteiger partial charge in [-0.1, -0.05) is 70.9 Å². The molecule has 2 fully saturated rings. The van der Waals surface area contributed by atoms with Crippen molar-refractivity contribution in [1.29, 1.82) is 0 Å². The fourth-order valence-corrected chi connectivity index (χ4v) is 8.93. The molecule has 1 aliphatic carbocycles. The summed E-state index contributed by atoms with van der Waals surface area (Å²) in [6.45, 7) is 10.3. The van der Waals surface area contributed by atoms with Crippen LogP contribution in [0.4, 0.5) is 0 Å². The lowest BCUT2D eigenvalue weighted by atomic mass is 9.89. The molecule has 1 saturated heterocycles. The highest BCUT2D eigenvalue weighted by atomic mass is 31.2. The highest BCUT2D eigenvalue weighted by molar-refractivity contribution is 7.57. The summed E-state index contributed by atoms with van der Waals surface area (Å²) in [5.41, 5.74) is 0.967. The second kappa shape index (κ2) is 11.5. The van der Waals surface area contributed by atoms with Crippen molar-refractivity contribution < 1.29 is 14.2 Å². The number of rotatable bonds is 10. The van der Waals surface area contributed by atoms with Crippen molar-refractivity contribution >= 4 is 13.5 Å². The molecule has 3 rings (SSSR count). The molecule has 0 spiro atoms. The quantitative estimate of drug-likeness (QED) is 0.374. The van der Waals surface area contributed by atoms with Crippen LogP contribution in [-0.4, -0.2) is 59.6 Å². The van der Waals surface area contributed by atoms with E-state index in [0.29, 0.717) is 23.9 Å². The van der Waals surface area contributed by atoms with E-state index >= 15 is 4.57 Å². The SMILES string of the molecule is CON(C)C(=O)C[C@@H](NP1(=O)N(CC(C)C)[C@H]2CCCC[C@@H]2N1CC(C)C)c1ccccc1. The first-order valence-corrected chi connectivity index (χ1v) is 14.1. The van der Waals surface area contributed by atoms with Crippen molar-refractivity contribution in [3.05, 3.63) is 35.9 Å². The second-order valence-corrected chi connectivity index (χ2v) is 12.7. The molecule has 8 heteroatoms. The minimum Gasteiger partial charge on any atom is -0.275 e. The fourth-order valence-electron chi connectivity index (χ4n) is 5.26. The van der Waals surface area contributed by atoms with Crippen molar-refractivity contribution in [3.63, 3.8) is 0 Å². The van der Waals surface area contributed by atoms with E-state index in [2.05, 4.69) is 42.1 Å². The number of hydrogen-bond acceptors (Lipinski definition) is 3. The molecule has 186 valence electrons. The average molecular weight is 479 g/mol. The Morgan fingerprint density at radius 2 is 1.58 bits per heavy atom. The van der Waals surface area contributed by atoms with Crippen molar-refractivity contribution in [2.24, 2.45) is 11.8 Å². The van der Waals surface area contributed by atoms with Crippen LogP contribution in [-0.2, 0) is 14.2 Å². The second-order valence-electron chi connectivity index (χ2n) is 10.4. The predicted molar refractivity (Wildman–Crippen MR) is 133 cm³/mol. The van der Waals surface area contributed by atoms with Crippen molar-refractivity contribution in [2.45, 2.75) is 77.9 Å². The molecule has 3 atom stereocenters. The van der Waals surface area contributed by atoms with Crippen molar-refractivity contribution in [2.75, 3.05) is 27.2 Å². The molecule has 0 radical (unpaired) electrons. The summed E-state index contributed by atoms with van der Waals surface area (Å²) < 4.78 is 19.7. The summed E-state index contributed by atoms with van der Waals surface area (Å²) in [7, 11) is -0.00955. The van der Waals surface area contributed by atoms with Crippen molar-refractivity contribution in [1.82, 2.24) is 19.5 Å². The number of benzene rings is 1. The normalized spacial score (nSPS) is 24.2. The van der Waals surface area contributed by atoms with Crippen LogP contribution in [0.25, 0.3) is 0 Å². The highest BCUT2D eigenvalue weighted by Gasteiger charge is 2.55. The van der Waals surface area contributed by atoms with Gasteiger partial charge in [-0.15, -0.1) is 0 Å². The van der Waals surface area contributed by atoms with Crippen LogP contribution >= 0.6 is 7.59 Å². The van der Waals surface area contributed by atoms with Crippen LogP contribution in [0, 0.1) is 11.8 Å². The van der Waals surface area contributed by atoms with E-state index in [9.17, 15) is 4.79 Å². The Labute approximate surface area is 200 Å². The van der Waals surface area contributed by atoms with Gasteiger partial charge in [0.15, 0.2) is 0 Å². The van der Waals surface area contributed by atoms with Gasteiger partial charge in [0.25, 0.3) is 7.59 Å². The van der Waals surface area contributed by atoms with Gasteiger partial charge in [-0.25, -0.2) is 19.5 Å². The van der Waals surface area contributed by atoms with E-state index in [0.717, 1.165) is 31.5 Å². The maximum absolute atomic E-state index is 15.1. The maximum Gasteiger partial charge on any atom is 0.285 e. The number of carbonyl (C=O) groups excluding carboxylic acids is 1. The zero-order valence-corrected chi connectivity index (χ0v) is 22.1. The highest BCUT2D eigenvalue weighted by Crippen LogP contribution is 2.62. The maximum atomic E-state index is 15.1. The first-order valence-electron chi connectivity index (χ1n) is 12.4. The molecular formula is C25H43N4O3P. The Morgan fingerprint density at radius 3 is 2.03 bits per heavy atom. The van der Waals surface area contributed by atoms with Crippen LogP contribution in [0.2, 0.25) is 0 Å². The molecule has 0 bridgehead atoms. The number of carbonyl (C=O) groups is 1. The summed E-state index contributed by atoms with van der Waals surface area (Å²) >= 11 is 0. The van der Waals surface area contributed by atoms with Gasteiger partial charge >= 0.3 is 0 Å². The Bertz CT molecular complexity index is 789. The lowest BCUT2D eigenvalue weighted by molar-refractivity contribution is -0.169. The van der Waals surface area contributed by atoms with Gasteiger partial charge in [-0.05, 0) is 30.2 Å². The zero-order valence-electron chi connectivity index (χ0n) is 21.2. The smallest absolute Gasteiger partial charge is 0.275 e. The van der Waals surface area contributed by atoms with Crippen molar-refractivity contribution in [3.8, 4) is 0 Å². The third-order valence-corrected chi connectivity index (χ3v) is 9.75. The molecule has 1 saturated carbocycles. The monoisotopic (exact) mass is 478 g/mol. The summed E-state index contributed by atoms with van der Waals surface area (Å²) in [4.78, 5) is 18.0. The Kier molecular flexibility index (Phi) is 9.16. The molecule has 1 heterocycles. The standard InChI is InChI=1S/C25H43N4O3P/c1-19(2)17-28-23-14-10-11-15-24(23)29(18-20(3)4)33(28,31)26-22(16-25(30)27(5)32-6)21-12-8-7-9-13-21/h7-9,12-13,19-20,22-24H,10-11,14-18H2,1-6H3,(H,26,31)/t22-,23+,24+/m1/s1. The van der Waals surface area contributed by atoms with Crippen LogP contribution in [0.15, 0.2) is 30.3 Å². The van der Waals surface area contributed by atoms with Gasteiger partial charge in [-0.2, -0.15) is 0 Å². The van der Waals surface area contributed by atoms with E-state index in [1.165, 1.54) is 25.0 Å². The van der Waals surface area contributed by atoms with Crippen LogP contribution in [0.1, 0.15) is 71.4 Å². The molecule has 2 aliphatic rings. The molecule has 1 N–H and O–H groups in total. The van der Waals surface area contributed by atoms with Crippen LogP contribution in [0.5, 0.6) is 0 Å². The van der Waals surface area contributed by atoms with E-state index in [-0.39, 0.29) is 18.4 Å². The summed E-state index contributed by atoms with van der Waals surface area (Å²) in [6, 6.07) is 10.1. The van der Waals surface area contributed by atoms with Gasteiger partial charge in [0.1, 0.15) is 0 Å². The summed E-state index contributed by atoms with van der Waals surface area (Å²) in [5.74, 6) is 0.657. The molecule has 1 amide bonds. The Balaban J connectivity index is 2.01. The van der Waals surface area contributed by atoms with Gasteiger partial charge in [0.05, 0.1) is 7.11 Å². The summed E-state index contributed by atoms with van der Waals surface area (Å²) in [5, 5.41) is 4.84. The number of amides is 1. The minimum atomic E-state index is -3.11. The molecule has 1 aromatic rings. The lowest BCUT2D eigenvalue weighted by Crippen LogP contribution is -2.41. The lowest BCUT2D eigenvalue weighted by Gasteiger charge is -2.36. The van der Waals surface area contributed by atoms with Gasteiger partial charge in [0.2, 0.25) is 5.91 Å². The zero-order chi connectivity index (χ0) is 24.2.